The minimum absolute atomic E-state index is 0.00519. The first-order chi connectivity index (χ1) is 17.7. The first-order valence-electron chi connectivity index (χ1n) is 11.9. The average Bonchev–Trinajstić information content (AvgIpc) is 3.51. The zero-order valence-corrected chi connectivity index (χ0v) is 19.6. The van der Waals surface area contributed by atoms with E-state index in [4.69, 9.17) is 4.99 Å². The number of hydrogen-bond acceptors (Lipinski definition) is 5. The molecule has 1 saturated carbocycles. The van der Waals surface area contributed by atoms with Gasteiger partial charge in [-0.2, -0.15) is 13.2 Å². The van der Waals surface area contributed by atoms with Crippen molar-refractivity contribution in [2.75, 3.05) is 18.0 Å². The van der Waals surface area contributed by atoms with Gasteiger partial charge < -0.3 is 4.57 Å². The number of benzene rings is 1. The van der Waals surface area contributed by atoms with Gasteiger partial charge in [-0.1, -0.05) is 6.07 Å². The first kappa shape index (κ1) is 23.6. The van der Waals surface area contributed by atoms with Crippen LogP contribution in [0.15, 0.2) is 41.5 Å². The summed E-state index contributed by atoms with van der Waals surface area (Å²) in [5, 5.41) is 0. The van der Waals surface area contributed by atoms with Crippen LogP contribution in [0.25, 0.3) is 11.4 Å². The summed E-state index contributed by atoms with van der Waals surface area (Å²) in [6.07, 6.45) is -1.46. The van der Waals surface area contributed by atoms with Crippen molar-refractivity contribution in [3.05, 3.63) is 65.1 Å². The molecule has 4 heterocycles. The number of rotatable bonds is 5. The lowest BCUT2D eigenvalue weighted by atomic mass is 10.2. The quantitative estimate of drug-likeness (QED) is 0.461. The van der Waals surface area contributed by atoms with Gasteiger partial charge in [-0.3, -0.25) is 19.6 Å². The van der Waals surface area contributed by atoms with Crippen LogP contribution < -0.4 is 4.90 Å². The molecular formula is C25H21F5N6O. The van der Waals surface area contributed by atoms with Crippen molar-refractivity contribution >= 4 is 17.7 Å². The highest BCUT2D eigenvalue weighted by Gasteiger charge is 2.46. The number of fused-ring (bicyclic) bond motifs is 3. The Bertz CT molecular complexity index is 1430. The van der Waals surface area contributed by atoms with Gasteiger partial charge in [0.2, 0.25) is 5.96 Å². The molecule has 1 atom stereocenters. The summed E-state index contributed by atoms with van der Waals surface area (Å²) in [5.74, 6) is -0.869. The van der Waals surface area contributed by atoms with Gasteiger partial charge in [0, 0.05) is 18.3 Å². The number of guanidine groups is 1. The molecular weight excluding hydrogens is 495 g/mol. The standard InChI is InChI=1S/C25H21F5N6O/c1-2-34-23(37)20-22(36-12-18(14-4-5-14)32-24(34)36)35(11-13-3-7-16(26)17(27)9-13)21(33-20)15-6-8-19(31-10-15)25(28,29)30/h3,6-10,14,18H,2,4-5,11-12H2,1H3. The van der Waals surface area contributed by atoms with Gasteiger partial charge in [0.15, 0.2) is 17.3 Å². The number of aromatic nitrogens is 3. The lowest BCUT2D eigenvalue weighted by Crippen LogP contribution is -2.50. The number of aliphatic imine (C=N–C) groups is 1. The molecule has 0 spiro atoms. The first-order valence-corrected chi connectivity index (χ1v) is 11.9. The second kappa shape index (κ2) is 8.35. The van der Waals surface area contributed by atoms with Crippen LogP contribution >= 0.6 is 0 Å². The molecule has 2 aromatic heterocycles. The fourth-order valence-electron chi connectivity index (χ4n) is 4.91. The Labute approximate surface area is 208 Å². The topological polar surface area (TPSA) is 66.6 Å². The van der Waals surface area contributed by atoms with Crippen LogP contribution in [0.1, 0.15) is 41.5 Å². The predicted octanol–water partition coefficient (Wildman–Crippen LogP) is 4.72. The van der Waals surface area contributed by atoms with E-state index in [2.05, 4.69) is 9.97 Å². The van der Waals surface area contributed by atoms with Gasteiger partial charge in [-0.25, -0.2) is 18.8 Å². The smallest absolute Gasteiger partial charge is 0.305 e. The number of hydrogen-bond donors (Lipinski definition) is 0. The summed E-state index contributed by atoms with van der Waals surface area (Å²) in [6.45, 7) is 2.70. The molecule has 3 aliphatic rings. The zero-order valence-electron chi connectivity index (χ0n) is 19.6. The Morgan fingerprint density at radius 1 is 1.08 bits per heavy atom. The Morgan fingerprint density at radius 2 is 1.86 bits per heavy atom. The van der Waals surface area contributed by atoms with E-state index >= 15 is 0 Å². The fraction of sp³-hybridized carbons (Fsp3) is 0.360. The molecule has 1 unspecified atom stereocenters. The Balaban J connectivity index is 1.51. The van der Waals surface area contributed by atoms with Gasteiger partial charge in [-0.15, -0.1) is 0 Å². The number of halogens is 5. The number of carbonyl (C=O) groups excluding carboxylic acids is 1. The molecule has 1 fully saturated rings. The number of amides is 1. The van der Waals surface area contributed by atoms with Crippen LogP contribution in [-0.4, -0.2) is 50.4 Å². The van der Waals surface area contributed by atoms with Crippen LogP contribution in [0.5, 0.6) is 0 Å². The Morgan fingerprint density at radius 3 is 2.49 bits per heavy atom. The maximum atomic E-state index is 14.0. The molecule has 192 valence electrons. The predicted molar refractivity (Wildman–Crippen MR) is 124 cm³/mol. The summed E-state index contributed by atoms with van der Waals surface area (Å²) in [7, 11) is 0. The van der Waals surface area contributed by atoms with E-state index in [9.17, 15) is 26.7 Å². The molecule has 3 aromatic rings. The maximum absolute atomic E-state index is 14.0. The molecule has 1 amide bonds. The largest absolute Gasteiger partial charge is 0.433 e. The summed E-state index contributed by atoms with van der Waals surface area (Å²) < 4.78 is 68.6. The van der Waals surface area contributed by atoms with E-state index in [1.54, 1.807) is 4.57 Å². The molecule has 1 aromatic carbocycles. The van der Waals surface area contributed by atoms with Gasteiger partial charge in [0.05, 0.1) is 19.1 Å². The summed E-state index contributed by atoms with van der Waals surface area (Å²) in [4.78, 5) is 29.9. The van der Waals surface area contributed by atoms with Crippen LogP contribution in [0.3, 0.4) is 0 Å². The third-order valence-corrected chi connectivity index (χ3v) is 6.90. The van der Waals surface area contributed by atoms with Gasteiger partial charge in [0.1, 0.15) is 17.3 Å². The number of nitrogens with zero attached hydrogens (tertiary/aromatic N) is 6. The lowest BCUT2D eigenvalue weighted by Gasteiger charge is -2.33. The third kappa shape index (κ3) is 3.94. The molecule has 0 radical (unpaired) electrons. The second-order valence-corrected chi connectivity index (χ2v) is 9.37. The second-order valence-electron chi connectivity index (χ2n) is 9.37. The maximum Gasteiger partial charge on any atom is 0.433 e. The van der Waals surface area contributed by atoms with Crippen molar-refractivity contribution in [1.82, 2.24) is 19.4 Å². The van der Waals surface area contributed by atoms with E-state index in [0.717, 1.165) is 37.2 Å². The molecule has 0 bridgehead atoms. The van der Waals surface area contributed by atoms with E-state index in [0.29, 0.717) is 36.3 Å². The molecule has 1 aliphatic carbocycles. The monoisotopic (exact) mass is 516 g/mol. The molecule has 37 heavy (non-hydrogen) atoms. The van der Waals surface area contributed by atoms with E-state index in [-0.39, 0.29) is 35.6 Å². The molecule has 2 aliphatic heterocycles. The lowest BCUT2D eigenvalue weighted by molar-refractivity contribution is -0.141. The highest BCUT2D eigenvalue weighted by molar-refractivity contribution is 6.18. The number of imidazole rings is 1. The number of carbonyl (C=O) groups is 1. The van der Waals surface area contributed by atoms with Crippen molar-refractivity contribution < 1.29 is 26.7 Å². The summed E-state index contributed by atoms with van der Waals surface area (Å²) in [5.41, 5.74) is -0.303. The van der Waals surface area contributed by atoms with Gasteiger partial charge in [0.25, 0.3) is 5.91 Å². The molecule has 0 N–H and O–H groups in total. The Kier molecular flexibility index (Phi) is 5.32. The zero-order chi connectivity index (χ0) is 26.1. The molecule has 6 rings (SSSR count). The highest BCUT2D eigenvalue weighted by atomic mass is 19.4. The van der Waals surface area contributed by atoms with E-state index < -0.39 is 23.5 Å². The van der Waals surface area contributed by atoms with Crippen LogP contribution in [0, 0.1) is 17.6 Å². The van der Waals surface area contributed by atoms with E-state index in [1.807, 2.05) is 11.8 Å². The molecule has 0 saturated heterocycles. The number of alkyl halides is 3. The fourth-order valence-corrected chi connectivity index (χ4v) is 4.91. The van der Waals surface area contributed by atoms with Crippen molar-refractivity contribution in [1.29, 1.82) is 0 Å². The van der Waals surface area contributed by atoms with Crippen LogP contribution in [-0.2, 0) is 12.7 Å². The van der Waals surface area contributed by atoms with Crippen molar-refractivity contribution in [3.63, 3.8) is 0 Å². The summed E-state index contributed by atoms with van der Waals surface area (Å²) >= 11 is 0. The van der Waals surface area contributed by atoms with E-state index in [1.165, 1.54) is 17.0 Å². The minimum Gasteiger partial charge on any atom is -0.305 e. The third-order valence-electron chi connectivity index (χ3n) is 6.90. The number of pyridine rings is 1. The SMILES string of the molecule is CCN1C(=O)c2nc(-c3ccc(C(F)(F)F)nc3)n(Cc3ccc(F)c(F)c3)c2N2CC(C3CC3)N=C12. The normalized spacial score (nSPS) is 19.2. The minimum atomic E-state index is -4.62. The van der Waals surface area contributed by atoms with Crippen LogP contribution in [0.2, 0.25) is 0 Å². The number of anilines is 1. The van der Waals surface area contributed by atoms with Crippen molar-refractivity contribution in [3.8, 4) is 11.4 Å². The molecule has 12 heteroatoms. The van der Waals surface area contributed by atoms with Crippen molar-refractivity contribution in [2.24, 2.45) is 10.9 Å². The average molecular weight is 516 g/mol. The van der Waals surface area contributed by atoms with Gasteiger partial charge in [-0.05, 0) is 55.5 Å². The highest BCUT2D eigenvalue weighted by Crippen LogP contribution is 2.42. The van der Waals surface area contributed by atoms with Crippen molar-refractivity contribution in [2.45, 2.75) is 38.5 Å². The van der Waals surface area contributed by atoms with Crippen LogP contribution in [0.4, 0.5) is 27.8 Å². The Hall–Kier alpha value is -3.83. The molecule has 7 nitrogen and oxygen atoms in total. The van der Waals surface area contributed by atoms with Gasteiger partial charge >= 0.3 is 6.18 Å². The summed E-state index contributed by atoms with van der Waals surface area (Å²) in [6, 6.07) is 5.55.